The van der Waals surface area contributed by atoms with Gasteiger partial charge in [0, 0.05) is 12.8 Å². The number of carbonyl (C=O) groups is 1. The van der Waals surface area contributed by atoms with Crippen LogP contribution in [0.2, 0.25) is 0 Å². The van der Waals surface area contributed by atoms with Crippen LogP contribution in [-0.4, -0.2) is 23.8 Å². The normalized spacial score (nSPS) is 12.7. The van der Waals surface area contributed by atoms with E-state index >= 15 is 0 Å². The molecule has 0 aromatic heterocycles. The van der Waals surface area contributed by atoms with Crippen LogP contribution in [0.5, 0.6) is 11.5 Å². The second kappa shape index (κ2) is 13.0. The highest BCUT2D eigenvalue weighted by Gasteiger charge is 2.14. The third-order valence-electron chi connectivity index (χ3n) is 6.47. The van der Waals surface area contributed by atoms with Gasteiger partial charge in [-0.15, -0.1) is 0 Å². The van der Waals surface area contributed by atoms with E-state index < -0.39 is 5.97 Å². The van der Waals surface area contributed by atoms with Gasteiger partial charge in [0.2, 0.25) is 0 Å². The minimum absolute atomic E-state index is 0.0178. The summed E-state index contributed by atoms with van der Waals surface area (Å²) in [5.74, 6) is 1.39. The minimum Gasteiger partial charge on any atom is -0.493 e. The number of hydrogen-bond acceptors (Lipinski definition) is 3. The monoisotopic (exact) mass is 474 g/mol. The second-order valence-corrected chi connectivity index (χ2v) is 9.36. The molecule has 35 heavy (non-hydrogen) atoms. The Hall–Kier alpha value is -3.27. The van der Waals surface area contributed by atoms with Crippen LogP contribution in [0, 0.1) is 6.92 Å². The van der Waals surface area contributed by atoms with E-state index in [1.165, 1.54) is 16.7 Å². The van der Waals surface area contributed by atoms with Crippen LogP contribution in [0.1, 0.15) is 67.3 Å². The fraction of sp³-hybridized carbons (Fsp3) is 0.387. The molecule has 0 saturated carbocycles. The molecule has 0 bridgehead atoms. The Bertz CT molecular complexity index is 1090. The summed E-state index contributed by atoms with van der Waals surface area (Å²) < 4.78 is 12.3. The summed E-state index contributed by atoms with van der Waals surface area (Å²) in [5, 5.41) is 8.90. The van der Waals surface area contributed by atoms with E-state index in [2.05, 4.69) is 69.3 Å². The Morgan fingerprint density at radius 1 is 0.971 bits per heavy atom. The molecule has 1 N–H and O–H groups in total. The van der Waals surface area contributed by atoms with Crippen LogP contribution in [-0.2, 0) is 24.1 Å². The molecule has 0 aliphatic rings. The molecule has 3 rings (SSSR count). The predicted octanol–water partition coefficient (Wildman–Crippen LogP) is 7.16. The Kier molecular flexibility index (Phi) is 9.77. The van der Waals surface area contributed by atoms with Crippen molar-refractivity contribution in [2.24, 2.45) is 0 Å². The van der Waals surface area contributed by atoms with Crippen LogP contribution in [0.15, 0.2) is 66.7 Å². The Morgan fingerprint density at radius 3 is 2.43 bits per heavy atom. The summed E-state index contributed by atoms with van der Waals surface area (Å²) in [6, 6.07) is 23.0. The van der Waals surface area contributed by atoms with Crippen LogP contribution >= 0.6 is 0 Å². The minimum atomic E-state index is -0.777. The van der Waals surface area contributed by atoms with Crippen molar-refractivity contribution in [1.29, 1.82) is 0 Å². The van der Waals surface area contributed by atoms with E-state index in [0.717, 1.165) is 41.9 Å². The molecule has 2 unspecified atom stereocenters. The van der Waals surface area contributed by atoms with Crippen LogP contribution < -0.4 is 9.47 Å². The molecule has 0 aliphatic carbocycles. The number of rotatable bonds is 13. The molecule has 3 aromatic rings. The van der Waals surface area contributed by atoms with Gasteiger partial charge in [-0.1, -0.05) is 62.4 Å². The van der Waals surface area contributed by atoms with Gasteiger partial charge < -0.3 is 14.6 Å². The van der Waals surface area contributed by atoms with Crippen molar-refractivity contribution in [3.63, 3.8) is 0 Å². The molecular formula is C31H38O4. The lowest BCUT2D eigenvalue weighted by molar-refractivity contribution is -0.136. The lowest BCUT2D eigenvalue weighted by Gasteiger charge is -2.20. The zero-order valence-corrected chi connectivity index (χ0v) is 21.4. The van der Waals surface area contributed by atoms with E-state index in [-0.39, 0.29) is 12.5 Å². The summed E-state index contributed by atoms with van der Waals surface area (Å²) in [6.45, 7) is 9.08. The van der Waals surface area contributed by atoms with E-state index in [9.17, 15) is 4.79 Å². The van der Waals surface area contributed by atoms with Gasteiger partial charge >= 0.3 is 5.97 Å². The van der Waals surface area contributed by atoms with E-state index in [0.29, 0.717) is 18.9 Å². The van der Waals surface area contributed by atoms with Crippen molar-refractivity contribution in [3.05, 3.63) is 94.5 Å². The van der Waals surface area contributed by atoms with Crippen molar-refractivity contribution in [2.45, 2.75) is 71.8 Å². The quantitative estimate of drug-likeness (QED) is 0.286. The SMILES string of the molecule is CCc1ccc(OC(C)CCOc2ccc(CCC(=O)O)c(C)c2)c(CC(C)c2ccccc2)c1. The van der Waals surface area contributed by atoms with Crippen LogP contribution in [0.25, 0.3) is 0 Å². The summed E-state index contributed by atoms with van der Waals surface area (Å²) >= 11 is 0. The van der Waals surface area contributed by atoms with Crippen LogP contribution in [0.3, 0.4) is 0 Å². The standard InChI is InChI=1S/C31H38O4/c1-5-25-11-15-30(28(21-25)19-22(2)26-9-7-6-8-10-26)35-24(4)17-18-34-29-14-12-27(23(3)20-29)13-16-31(32)33/h6-12,14-15,20-22,24H,5,13,16-19H2,1-4H3,(H,32,33). The average molecular weight is 475 g/mol. The van der Waals surface area contributed by atoms with Gasteiger partial charge in [0.1, 0.15) is 11.5 Å². The molecule has 0 saturated heterocycles. The van der Waals surface area contributed by atoms with Gasteiger partial charge in [0.25, 0.3) is 0 Å². The molecule has 3 aromatic carbocycles. The number of carboxylic acid groups (broad SMARTS) is 1. The maximum absolute atomic E-state index is 10.8. The summed E-state index contributed by atoms with van der Waals surface area (Å²) in [4.78, 5) is 10.8. The highest BCUT2D eigenvalue weighted by Crippen LogP contribution is 2.29. The maximum atomic E-state index is 10.8. The van der Waals surface area contributed by atoms with Crippen LogP contribution in [0.4, 0.5) is 0 Å². The van der Waals surface area contributed by atoms with Gasteiger partial charge in [-0.25, -0.2) is 0 Å². The van der Waals surface area contributed by atoms with Crippen molar-refractivity contribution in [2.75, 3.05) is 6.61 Å². The van der Waals surface area contributed by atoms with E-state index in [4.69, 9.17) is 14.6 Å². The Labute approximate surface area is 209 Å². The van der Waals surface area contributed by atoms with Gasteiger partial charge in [-0.05, 0) is 85.0 Å². The number of aliphatic carboxylic acids is 1. The molecule has 186 valence electrons. The van der Waals surface area contributed by atoms with E-state index in [1.807, 2.05) is 25.1 Å². The smallest absolute Gasteiger partial charge is 0.303 e. The second-order valence-electron chi connectivity index (χ2n) is 9.36. The lowest BCUT2D eigenvalue weighted by Crippen LogP contribution is -2.17. The zero-order chi connectivity index (χ0) is 25.2. The predicted molar refractivity (Wildman–Crippen MR) is 142 cm³/mol. The molecule has 0 spiro atoms. The fourth-order valence-corrected chi connectivity index (χ4v) is 4.26. The molecule has 4 nitrogen and oxygen atoms in total. The first-order valence-electron chi connectivity index (χ1n) is 12.6. The van der Waals surface area contributed by atoms with Crippen molar-refractivity contribution in [3.8, 4) is 11.5 Å². The molecule has 0 heterocycles. The lowest BCUT2D eigenvalue weighted by atomic mass is 9.92. The summed E-state index contributed by atoms with van der Waals surface area (Å²) in [6.07, 6.45) is 3.40. The number of ether oxygens (including phenoxy) is 2. The van der Waals surface area contributed by atoms with Gasteiger partial charge in [-0.2, -0.15) is 0 Å². The molecule has 0 aliphatic heterocycles. The Balaban J connectivity index is 1.57. The maximum Gasteiger partial charge on any atom is 0.303 e. The topological polar surface area (TPSA) is 55.8 Å². The first kappa shape index (κ1) is 26.3. The van der Waals surface area contributed by atoms with Crippen molar-refractivity contribution in [1.82, 2.24) is 0 Å². The largest absolute Gasteiger partial charge is 0.493 e. The number of aryl methyl sites for hydroxylation is 3. The van der Waals surface area contributed by atoms with Crippen molar-refractivity contribution < 1.29 is 19.4 Å². The number of carboxylic acids is 1. The van der Waals surface area contributed by atoms with Crippen molar-refractivity contribution >= 4 is 5.97 Å². The fourth-order valence-electron chi connectivity index (χ4n) is 4.26. The third-order valence-corrected chi connectivity index (χ3v) is 6.47. The number of hydrogen-bond donors (Lipinski definition) is 1. The zero-order valence-electron chi connectivity index (χ0n) is 21.4. The van der Waals surface area contributed by atoms with Gasteiger partial charge in [-0.3, -0.25) is 4.79 Å². The average Bonchev–Trinajstić information content (AvgIpc) is 2.85. The highest BCUT2D eigenvalue weighted by atomic mass is 16.5. The summed E-state index contributed by atoms with van der Waals surface area (Å²) in [5.41, 5.74) is 6.02. The first-order chi connectivity index (χ1) is 16.9. The first-order valence-corrected chi connectivity index (χ1v) is 12.6. The highest BCUT2D eigenvalue weighted by molar-refractivity contribution is 5.67. The molecule has 2 atom stereocenters. The molecule has 0 fully saturated rings. The van der Waals surface area contributed by atoms with Gasteiger partial charge in [0.15, 0.2) is 0 Å². The molecular weight excluding hydrogens is 436 g/mol. The Morgan fingerprint density at radius 2 is 1.74 bits per heavy atom. The summed E-state index contributed by atoms with van der Waals surface area (Å²) in [7, 11) is 0. The number of benzene rings is 3. The van der Waals surface area contributed by atoms with Gasteiger partial charge in [0.05, 0.1) is 12.7 Å². The molecule has 4 heteroatoms. The third kappa shape index (κ3) is 8.17. The van der Waals surface area contributed by atoms with E-state index in [1.54, 1.807) is 0 Å². The molecule has 0 radical (unpaired) electrons. The molecule has 0 amide bonds.